The summed E-state index contributed by atoms with van der Waals surface area (Å²) in [5.74, 6) is -2.20. The number of halogens is 5. The van der Waals surface area contributed by atoms with Crippen molar-refractivity contribution in [3.8, 4) is 11.4 Å². The first-order chi connectivity index (χ1) is 19.9. The van der Waals surface area contributed by atoms with Crippen LogP contribution in [0.2, 0.25) is 0 Å². The quantitative estimate of drug-likeness (QED) is 0.201. The van der Waals surface area contributed by atoms with Gasteiger partial charge in [-0.2, -0.15) is 18.3 Å². The summed E-state index contributed by atoms with van der Waals surface area (Å²) < 4.78 is 62.4. The smallest absolute Gasteiger partial charge is 0.475 e. The maximum atomic E-state index is 15.2. The first-order valence-electron chi connectivity index (χ1n) is 12.5. The molecule has 1 unspecified atom stereocenters. The highest BCUT2D eigenvalue weighted by molar-refractivity contribution is 5.93. The van der Waals surface area contributed by atoms with E-state index in [0.717, 1.165) is 28.4 Å². The largest absolute Gasteiger partial charge is 0.490 e. The molecule has 2 heterocycles. The molecular weight excluding hydrogens is 559 g/mol. The molecule has 3 aromatic carbocycles. The van der Waals surface area contributed by atoms with E-state index >= 15 is 4.39 Å². The van der Waals surface area contributed by atoms with Crippen molar-refractivity contribution < 1.29 is 31.9 Å². The molecule has 0 amide bonds. The summed E-state index contributed by atoms with van der Waals surface area (Å²) in [5, 5.41) is 16.8. The normalized spacial score (nSPS) is 12.0. The first kappa shape index (κ1) is 29.9. The predicted octanol–water partition coefficient (Wildman–Crippen LogP) is 6.29. The van der Waals surface area contributed by atoms with Gasteiger partial charge >= 0.3 is 12.1 Å². The molecule has 0 saturated heterocycles. The third-order valence-corrected chi connectivity index (χ3v) is 6.27. The van der Waals surface area contributed by atoms with Gasteiger partial charge in [0.25, 0.3) is 0 Å². The van der Waals surface area contributed by atoms with Crippen LogP contribution in [0.15, 0.2) is 72.9 Å². The molecule has 2 aromatic heterocycles. The molecule has 0 aliphatic heterocycles. The van der Waals surface area contributed by atoms with E-state index in [1.807, 2.05) is 37.3 Å². The van der Waals surface area contributed by atoms with Crippen molar-refractivity contribution in [1.29, 1.82) is 0 Å². The minimum atomic E-state index is -5.08. The van der Waals surface area contributed by atoms with Gasteiger partial charge in [0.05, 0.1) is 0 Å². The number of benzene rings is 3. The fourth-order valence-corrected chi connectivity index (χ4v) is 4.17. The molecule has 4 N–H and O–H groups in total. The molecule has 0 fully saturated rings. The number of rotatable bonds is 6. The van der Waals surface area contributed by atoms with Crippen LogP contribution in [0.1, 0.15) is 29.9 Å². The predicted molar refractivity (Wildman–Crippen MR) is 147 cm³/mol. The van der Waals surface area contributed by atoms with Gasteiger partial charge in [-0.05, 0) is 59.8 Å². The number of nitrogens with two attached hydrogens (primary N) is 1. The number of aromatic nitrogens is 4. The van der Waals surface area contributed by atoms with E-state index in [9.17, 15) is 17.6 Å². The summed E-state index contributed by atoms with van der Waals surface area (Å²) in [4.78, 5) is 17.7. The van der Waals surface area contributed by atoms with Crippen LogP contribution >= 0.6 is 0 Å². The molecule has 13 heteroatoms. The lowest BCUT2D eigenvalue weighted by molar-refractivity contribution is -0.192. The van der Waals surface area contributed by atoms with Crippen LogP contribution in [0.3, 0.4) is 0 Å². The Labute approximate surface area is 236 Å². The second-order valence-corrected chi connectivity index (χ2v) is 9.15. The number of carboxylic acids is 1. The first-order valence-corrected chi connectivity index (χ1v) is 12.5. The summed E-state index contributed by atoms with van der Waals surface area (Å²) in [6.45, 7) is 2.02. The minimum absolute atomic E-state index is 0.357. The highest BCUT2D eigenvalue weighted by atomic mass is 19.4. The lowest BCUT2D eigenvalue weighted by Gasteiger charge is -2.21. The van der Waals surface area contributed by atoms with E-state index in [-0.39, 0.29) is 11.6 Å². The fraction of sp³-hybridized carbons (Fsp3) is 0.172. The maximum Gasteiger partial charge on any atom is 0.490 e. The van der Waals surface area contributed by atoms with Crippen molar-refractivity contribution in [1.82, 2.24) is 19.7 Å². The van der Waals surface area contributed by atoms with Crippen LogP contribution in [0.4, 0.5) is 33.5 Å². The number of anilines is 2. The van der Waals surface area contributed by atoms with Gasteiger partial charge in [-0.15, -0.1) is 0 Å². The molecule has 0 saturated carbocycles. The second-order valence-electron chi connectivity index (χ2n) is 9.15. The number of aryl methyl sites for hydroxylation is 2. The third-order valence-electron chi connectivity index (χ3n) is 6.27. The van der Waals surface area contributed by atoms with E-state index in [1.54, 1.807) is 36.1 Å². The van der Waals surface area contributed by atoms with Gasteiger partial charge in [-0.1, -0.05) is 31.2 Å². The van der Waals surface area contributed by atoms with Gasteiger partial charge in [0.15, 0.2) is 11.6 Å². The Balaban J connectivity index is 0.000000517. The monoisotopic (exact) mass is 584 g/mol. The molecule has 0 aliphatic carbocycles. The summed E-state index contributed by atoms with van der Waals surface area (Å²) in [7, 11) is 1.74. The van der Waals surface area contributed by atoms with Gasteiger partial charge in [-0.3, -0.25) is 4.68 Å². The van der Waals surface area contributed by atoms with Crippen molar-refractivity contribution in [3.05, 3.63) is 102 Å². The lowest BCUT2D eigenvalue weighted by atomic mass is 10.0. The van der Waals surface area contributed by atoms with Gasteiger partial charge in [0.2, 0.25) is 0 Å². The standard InChI is InChI=1S/C27H24F2N6.C2HF3O2/c1-3-16-7-10-23(29)22(13-16)24(32-20-8-9-21-17(15-20)11-12-31-25(21)30)27-33-26(34-35(27)2)18-5-4-6-19(28)14-18;3-2(4,5)1(6)7/h4-15,24,32H,3H2,1-2H3,(H2,30,31);(H,6,7). The zero-order valence-corrected chi connectivity index (χ0v) is 22.3. The summed E-state index contributed by atoms with van der Waals surface area (Å²) in [6, 6.07) is 18.1. The van der Waals surface area contributed by atoms with Gasteiger partial charge < -0.3 is 16.2 Å². The van der Waals surface area contributed by atoms with E-state index in [2.05, 4.69) is 15.4 Å². The zero-order chi connectivity index (χ0) is 30.6. The molecule has 8 nitrogen and oxygen atoms in total. The van der Waals surface area contributed by atoms with Crippen LogP contribution in [0.5, 0.6) is 0 Å². The SMILES string of the molecule is CCc1ccc(F)c(C(Nc2ccc3c(N)nccc3c2)c2nc(-c3cccc(F)c3)nn2C)c1.O=C(O)C(F)(F)F. The van der Waals surface area contributed by atoms with Crippen LogP contribution in [0, 0.1) is 11.6 Å². The maximum absolute atomic E-state index is 15.2. The number of carbonyl (C=O) groups is 1. The lowest BCUT2D eigenvalue weighted by Crippen LogP contribution is -2.21. The highest BCUT2D eigenvalue weighted by Crippen LogP contribution is 2.32. The molecule has 5 aromatic rings. The van der Waals surface area contributed by atoms with E-state index in [1.165, 1.54) is 18.2 Å². The van der Waals surface area contributed by atoms with Crippen molar-refractivity contribution in [2.75, 3.05) is 11.1 Å². The topological polar surface area (TPSA) is 119 Å². The molecule has 0 aliphatic rings. The van der Waals surface area contributed by atoms with Crippen molar-refractivity contribution >= 4 is 28.2 Å². The zero-order valence-electron chi connectivity index (χ0n) is 22.3. The summed E-state index contributed by atoms with van der Waals surface area (Å²) >= 11 is 0. The van der Waals surface area contributed by atoms with E-state index < -0.39 is 18.2 Å². The van der Waals surface area contributed by atoms with E-state index in [0.29, 0.717) is 28.6 Å². The van der Waals surface area contributed by atoms with Crippen LogP contribution in [-0.2, 0) is 18.3 Å². The molecule has 5 rings (SSSR count). The Morgan fingerprint density at radius 1 is 1.07 bits per heavy atom. The average molecular weight is 585 g/mol. The molecular formula is C29H25F5N6O2. The minimum Gasteiger partial charge on any atom is -0.475 e. The number of nitrogen functional groups attached to an aromatic ring is 1. The Bertz CT molecular complexity index is 1740. The number of pyridine rings is 1. The highest BCUT2D eigenvalue weighted by Gasteiger charge is 2.38. The number of hydrogen-bond acceptors (Lipinski definition) is 6. The summed E-state index contributed by atoms with van der Waals surface area (Å²) in [5.41, 5.74) is 8.74. The molecule has 0 radical (unpaired) electrons. The second kappa shape index (κ2) is 12.2. The van der Waals surface area contributed by atoms with Crippen LogP contribution in [-0.4, -0.2) is 37.0 Å². The number of carboxylic acid groups (broad SMARTS) is 1. The molecule has 218 valence electrons. The third kappa shape index (κ3) is 6.79. The van der Waals surface area contributed by atoms with Crippen molar-refractivity contribution in [3.63, 3.8) is 0 Å². The molecule has 0 spiro atoms. The molecule has 1 atom stereocenters. The molecule has 42 heavy (non-hydrogen) atoms. The number of aliphatic carboxylic acids is 1. The Hall–Kier alpha value is -5.07. The van der Waals surface area contributed by atoms with Gasteiger partial charge in [-0.25, -0.2) is 23.5 Å². The Kier molecular flexibility index (Phi) is 8.69. The van der Waals surface area contributed by atoms with Crippen LogP contribution < -0.4 is 11.1 Å². The van der Waals surface area contributed by atoms with Gasteiger partial charge in [0, 0.05) is 35.4 Å². The Morgan fingerprint density at radius 3 is 2.48 bits per heavy atom. The fourth-order valence-electron chi connectivity index (χ4n) is 4.17. The van der Waals surface area contributed by atoms with Crippen molar-refractivity contribution in [2.24, 2.45) is 7.05 Å². The number of alkyl halides is 3. The van der Waals surface area contributed by atoms with Gasteiger partial charge in [0.1, 0.15) is 23.5 Å². The summed E-state index contributed by atoms with van der Waals surface area (Å²) in [6.07, 6.45) is -2.67. The average Bonchev–Trinajstić information content (AvgIpc) is 3.33. The molecule has 0 bridgehead atoms. The van der Waals surface area contributed by atoms with Crippen LogP contribution in [0.25, 0.3) is 22.2 Å². The van der Waals surface area contributed by atoms with Crippen molar-refractivity contribution in [2.45, 2.75) is 25.6 Å². The Morgan fingerprint density at radius 2 is 1.81 bits per heavy atom. The number of fused-ring (bicyclic) bond motifs is 1. The number of hydrogen-bond donors (Lipinski definition) is 3. The number of nitrogens with zero attached hydrogens (tertiary/aromatic N) is 4. The number of nitrogens with one attached hydrogen (secondary N) is 1. The van der Waals surface area contributed by atoms with E-state index in [4.69, 9.17) is 20.6 Å².